The molecule has 0 heterocycles. The highest BCUT2D eigenvalue weighted by atomic mass is 127. The lowest BCUT2D eigenvalue weighted by atomic mass is 10.2. The van der Waals surface area contributed by atoms with Crippen molar-refractivity contribution >= 4 is 29.9 Å². The summed E-state index contributed by atoms with van der Waals surface area (Å²) in [6.07, 6.45) is 0. The highest BCUT2D eigenvalue weighted by molar-refractivity contribution is 14.0. The van der Waals surface area contributed by atoms with Crippen molar-refractivity contribution in [3.8, 4) is 5.75 Å². The maximum absolute atomic E-state index is 5.61. The van der Waals surface area contributed by atoms with Crippen molar-refractivity contribution in [1.29, 1.82) is 0 Å². The highest BCUT2D eigenvalue weighted by Gasteiger charge is 2.03. The Balaban J connectivity index is 0.00000484. The van der Waals surface area contributed by atoms with Gasteiger partial charge in [0.15, 0.2) is 5.96 Å². The number of nitrogens with zero attached hydrogens (tertiary/aromatic N) is 1. The molecule has 132 valence electrons. The van der Waals surface area contributed by atoms with Gasteiger partial charge in [0.2, 0.25) is 0 Å². The number of hydrogen-bond acceptors (Lipinski definition) is 4. The minimum atomic E-state index is 0. The highest BCUT2D eigenvalue weighted by Crippen LogP contribution is 2.17. The van der Waals surface area contributed by atoms with Crippen molar-refractivity contribution in [2.75, 3.05) is 47.1 Å². The monoisotopic (exact) mass is 437 g/mol. The SMILES string of the molecule is CCOc1ccccc1CNC(=NC)NCCOCCOC.I. The van der Waals surface area contributed by atoms with E-state index >= 15 is 0 Å². The predicted octanol–water partition coefficient (Wildman–Crippen LogP) is 2.03. The van der Waals surface area contributed by atoms with Crippen molar-refractivity contribution in [1.82, 2.24) is 10.6 Å². The Morgan fingerprint density at radius 2 is 1.91 bits per heavy atom. The van der Waals surface area contributed by atoms with Gasteiger partial charge in [0.1, 0.15) is 5.75 Å². The van der Waals surface area contributed by atoms with Gasteiger partial charge in [-0.3, -0.25) is 4.99 Å². The van der Waals surface area contributed by atoms with Crippen LogP contribution >= 0.6 is 24.0 Å². The minimum absolute atomic E-state index is 0. The van der Waals surface area contributed by atoms with Gasteiger partial charge in [0.25, 0.3) is 0 Å². The van der Waals surface area contributed by atoms with Crippen LogP contribution in [0.5, 0.6) is 5.75 Å². The molecule has 0 aliphatic carbocycles. The van der Waals surface area contributed by atoms with E-state index in [-0.39, 0.29) is 24.0 Å². The number of aliphatic imine (C=N–C) groups is 1. The fourth-order valence-corrected chi connectivity index (χ4v) is 1.83. The Hall–Kier alpha value is -1.06. The lowest BCUT2D eigenvalue weighted by molar-refractivity contribution is 0.0733. The van der Waals surface area contributed by atoms with Crippen LogP contribution in [0.1, 0.15) is 12.5 Å². The first-order chi connectivity index (χ1) is 10.8. The van der Waals surface area contributed by atoms with Crippen LogP contribution in [0.15, 0.2) is 29.3 Å². The van der Waals surface area contributed by atoms with Gasteiger partial charge >= 0.3 is 0 Å². The third-order valence-corrected chi connectivity index (χ3v) is 2.91. The molecule has 0 spiro atoms. The molecule has 1 aromatic rings. The van der Waals surface area contributed by atoms with Crippen LogP contribution in [0, 0.1) is 0 Å². The zero-order valence-corrected chi connectivity index (χ0v) is 16.5. The average molecular weight is 437 g/mol. The lowest BCUT2D eigenvalue weighted by Crippen LogP contribution is -2.38. The Morgan fingerprint density at radius 1 is 1.13 bits per heavy atom. The van der Waals surface area contributed by atoms with Gasteiger partial charge in [-0.15, -0.1) is 24.0 Å². The van der Waals surface area contributed by atoms with Crippen molar-refractivity contribution in [2.45, 2.75) is 13.5 Å². The van der Waals surface area contributed by atoms with Crippen LogP contribution in [-0.2, 0) is 16.0 Å². The molecule has 0 fully saturated rings. The molecule has 0 aliphatic rings. The Kier molecular flexibility index (Phi) is 13.9. The number of guanidine groups is 1. The van der Waals surface area contributed by atoms with E-state index in [4.69, 9.17) is 14.2 Å². The first-order valence-electron chi connectivity index (χ1n) is 7.53. The van der Waals surface area contributed by atoms with E-state index in [1.807, 2.05) is 31.2 Å². The molecule has 0 radical (unpaired) electrons. The number of para-hydroxylation sites is 1. The van der Waals surface area contributed by atoms with Gasteiger partial charge in [-0.2, -0.15) is 0 Å². The van der Waals surface area contributed by atoms with Gasteiger partial charge in [-0.25, -0.2) is 0 Å². The molecule has 1 aromatic carbocycles. The summed E-state index contributed by atoms with van der Waals surface area (Å²) >= 11 is 0. The molecular formula is C16H28IN3O3. The summed E-state index contributed by atoms with van der Waals surface area (Å²) in [7, 11) is 3.41. The van der Waals surface area contributed by atoms with E-state index in [2.05, 4.69) is 15.6 Å². The Bertz CT molecular complexity index is 444. The smallest absolute Gasteiger partial charge is 0.191 e. The van der Waals surface area contributed by atoms with Gasteiger partial charge < -0.3 is 24.8 Å². The maximum Gasteiger partial charge on any atom is 0.191 e. The zero-order valence-electron chi connectivity index (χ0n) is 14.1. The van der Waals surface area contributed by atoms with Crippen LogP contribution in [0.4, 0.5) is 0 Å². The first-order valence-corrected chi connectivity index (χ1v) is 7.53. The molecule has 0 amide bonds. The van der Waals surface area contributed by atoms with Gasteiger partial charge in [0.05, 0.1) is 26.4 Å². The molecule has 0 unspecified atom stereocenters. The molecule has 0 atom stereocenters. The Labute approximate surface area is 156 Å². The summed E-state index contributed by atoms with van der Waals surface area (Å²) in [5, 5.41) is 6.47. The standard InChI is InChI=1S/C16H27N3O3.HI/c1-4-22-15-8-6-5-7-14(15)13-19-16(17-2)18-9-10-21-12-11-20-3;/h5-8H,4,9-13H2,1-3H3,(H2,17,18,19);1H. The molecule has 7 heteroatoms. The van der Waals surface area contributed by atoms with E-state index < -0.39 is 0 Å². The van der Waals surface area contributed by atoms with Crippen molar-refractivity contribution < 1.29 is 14.2 Å². The van der Waals surface area contributed by atoms with Crippen LogP contribution in [0.3, 0.4) is 0 Å². The number of benzene rings is 1. The normalized spacial score (nSPS) is 10.8. The van der Waals surface area contributed by atoms with E-state index in [0.29, 0.717) is 39.5 Å². The second kappa shape index (κ2) is 14.5. The summed E-state index contributed by atoms with van der Waals surface area (Å²) in [5.74, 6) is 1.64. The lowest BCUT2D eigenvalue weighted by Gasteiger charge is -2.14. The van der Waals surface area contributed by atoms with E-state index in [0.717, 1.165) is 17.3 Å². The van der Waals surface area contributed by atoms with Crippen LogP contribution in [0.25, 0.3) is 0 Å². The summed E-state index contributed by atoms with van der Waals surface area (Å²) in [5.41, 5.74) is 1.10. The van der Waals surface area contributed by atoms with Gasteiger partial charge in [-0.05, 0) is 13.0 Å². The quantitative estimate of drug-likeness (QED) is 0.254. The number of nitrogens with one attached hydrogen (secondary N) is 2. The summed E-state index contributed by atoms with van der Waals surface area (Å²) < 4.78 is 15.9. The van der Waals surface area contributed by atoms with Crippen LogP contribution in [-0.4, -0.2) is 53.1 Å². The molecule has 0 saturated carbocycles. The third-order valence-electron chi connectivity index (χ3n) is 2.91. The number of rotatable bonds is 10. The number of hydrogen-bond donors (Lipinski definition) is 2. The molecule has 0 saturated heterocycles. The van der Waals surface area contributed by atoms with Crippen molar-refractivity contribution in [2.24, 2.45) is 4.99 Å². The largest absolute Gasteiger partial charge is 0.494 e. The maximum atomic E-state index is 5.61. The average Bonchev–Trinajstić information content (AvgIpc) is 2.55. The minimum Gasteiger partial charge on any atom is -0.494 e. The van der Waals surface area contributed by atoms with Crippen LogP contribution in [0.2, 0.25) is 0 Å². The zero-order chi connectivity index (χ0) is 16.0. The fourth-order valence-electron chi connectivity index (χ4n) is 1.83. The molecule has 23 heavy (non-hydrogen) atoms. The predicted molar refractivity (Wildman–Crippen MR) is 104 cm³/mol. The van der Waals surface area contributed by atoms with Gasteiger partial charge in [-0.1, -0.05) is 18.2 Å². The second-order valence-corrected chi connectivity index (χ2v) is 4.50. The summed E-state index contributed by atoms with van der Waals surface area (Å²) in [6.45, 7) is 5.81. The van der Waals surface area contributed by atoms with Gasteiger partial charge in [0, 0.05) is 32.8 Å². The molecule has 0 aromatic heterocycles. The summed E-state index contributed by atoms with van der Waals surface area (Å²) in [4.78, 5) is 4.19. The number of ether oxygens (including phenoxy) is 3. The molecule has 6 nitrogen and oxygen atoms in total. The van der Waals surface area contributed by atoms with Crippen molar-refractivity contribution in [3.63, 3.8) is 0 Å². The van der Waals surface area contributed by atoms with E-state index in [1.54, 1.807) is 14.2 Å². The third kappa shape index (κ3) is 9.62. The molecular weight excluding hydrogens is 409 g/mol. The summed E-state index contributed by atoms with van der Waals surface area (Å²) in [6, 6.07) is 7.98. The first kappa shape index (κ1) is 21.9. The fraction of sp³-hybridized carbons (Fsp3) is 0.562. The van der Waals surface area contributed by atoms with E-state index in [9.17, 15) is 0 Å². The van der Waals surface area contributed by atoms with Crippen molar-refractivity contribution in [3.05, 3.63) is 29.8 Å². The molecule has 0 bridgehead atoms. The molecule has 1 rings (SSSR count). The second-order valence-electron chi connectivity index (χ2n) is 4.50. The molecule has 2 N–H and O–H groups in total. The van der Waals surface area contributed by atoms with E-state index in [1.165, 1.54) is 0 Å². The number of methoxy groups -OCH3 is 1. The topological polar surface area (TPSA) is 64.1 Å². The Morgan fingerprint density at radius 3 is 2.61 bits per heavy atom. The molecule has 0 aliphatic heterocycles. The number of halogens is 1. The van der Waals surface area contributed by atoms with Crippen LogP contribution < -0.4 is 15.4 Å².